The Morgan fingerprint density at radius 2 is 1.88 bits per heavy atom. The van der Waals surface area contributed by atoms with E-state index in [-0.39, 0.29) is 5.75 Å². The first-order valence-corrected chi connectivity index (χ1v) is 4.63. The van der Waals surface area contributed by atoms with E-state index in [0.717, 1.165) is 12.1 Å². The summed E-state index contributed by atoms with van der Waals surface area (Å²) in [6.07, 6.45) is -4.73. The standard InChI is InChI=1S/C10H10F3NO3/c1-6(9(15)16)14-7-2-4-8(5-3-7)17-10(11,12)13/h2-6,14H,1H3,(H,15,16)/t6-/m0/s1. The van der Waals surface area contributed by atoms with Gasteiger partial charge in [-0.2, -0.15) is 0 Å². The lowest BCUT2D eigenvalue weighted by Crippen LogP contribution is -2.25. The summed E-state index contributed by atoms with van der Waals surface area (Å²) in [5.74, 6) is -1.41. The molecule has 4 nitrogen and oxygen atoms in total. The molecule has 2 N–H and O–H groups in total. The number of halogens is 3. The molecule has 0 heterocycles. The Kier molecular flexibility index (Phi) is 3.82. The van der Waals surface area contributed by atoms with E-state index in [1.807, 2.05) is 0 Å². The minimum Gasteiger partial charge on any atom is -0.480 e. The third-order valence-electron chi connectivity index (χ3n) is 1.84. The molecule has 0 spiro atoms. The third kappa shape index (κ3) is 4.62. The fourth-order valence-electron chi connectivity index (χ4n) is 1.06. The molecule has 0 aromatic heterocycles. The molecule has 17 heavy (non-hydrogen) atoms. The van der Waals surface area contributed by atoms with E-state index in [1.54, 1.807) is 0 Å². The Morgan fingerprint density at radius 3 is 2.29 bits per heavy atom. The van der Waals surface area contributed by atoms with E-state index < -0.39 is 18.4 Å². The van der Waals surface area contributed by atoms with Gasteiger partial charge in [-0.3, -0.25) is 4.79 Å². The van der Waals surface area contributed by atoms with Gasteiger partial charge >= 0.3 is 12.3 Å². The molecule has 0 saturated heterocycles. The van der Waals surface area contributed by atoms with Crippen LogP contribution in [0, 0.1) is 0 Å². The zero-order valence-electron chi connectivity index (χ0n) is 8.78. The lowest BCUT2D eigenvalue weighted by atomic mass is 10.2. The topological polar surface area (TPSA) is 58.6 Å². The second-order valence-corrected chi connectivity index (χ2v) is 3.28. The monoisotopic (exact) mass is 249 g/mol. The van der Waals surface area contributed by atoms with Gasteiger partial charge in [-0.15, -0.1) is 13.2 Å². The highest BCUT2D eigenvalue weighted by Crippen LogP contribution is 2.24. The number of carboxylic acids is 1. The second kappa shape index (κ2) is 4.94. The van der Waals surface area contributed by atoms with Crippen LogP contribution in [-0.2, 0) is 4.79 Å². The minimum atomic E-state index is -4.73. The number of hydrogen-bond donors (Lipinski definition) is 2. The fraction of sp³-hybridized carbons (Fsp3) is 0.300. The van der Waals surface area contributed by atoms with Crippen molar-refractivity contribution in [1.82, 2.24) is 0 Å². The van der Waals surface area contributed by atoms with Gasteiger partial charge in [0.2, 0.25) is 0 Å². The van der Waals surface area contributed by atoms with Crippen LogP contribution in [0.2, 0.25) is 0 Å². The van der Waals surface area contributed by atoms with Gasteiger partial charge < -0.3 is 15.2 Å². The van der Waals surface area contributed by atoms with Crippen molar-refractivity contribution in [2.75, 3.05) is 5.32 Å². The first-order chi connectivity index (χ1) is 7.78. The first-order valence-electron chi connectivity index (χ1n) is 4.63. The fourth-order valence-corrected chi connectivity index (χ4v) is 1.06. The van der Waals surface area contributed by atoms with E-state index in [2.05, 4.69) is 10.1 Å². The molecule has 7 heteroatoms. The zero-order valence-corrected chi connectivity index (χ0v) is 8.78. The summed E-state index contributed by atoms with van der Waals surface area (Å²) >= 11 is 0. The van der Waals surface area contributed by atoms with Gasteiger partial charge in [-0.25, -0.2) is 0 Å². The van der Waals surface area contributed by atoms with Crippen LogP contribution in [0.3, 0.4) is 0 Å². The molecule has 1 aromatic rings. The quantitative estimate of drug-likeness (QED) is 0.860. The molecule has 0 aliphatic carbocycles. The molecule has 0 aliphatic rings. The van der Waals surface area contributed by atoms with Crippen LogP contribution in [0.4, 0.5) is 18.9 Å². The average molecular weight is 249 g/mol. The molecule has 0 bridgehead atoms. The van der Waals surface area contributed by atoms with Gasteiger partial charge in [-0.1, -0.05) is 0 Å². The van der Waals surface area contributed by atoms with Crippen LogP contribution >= 0.6 is 0 Å². The third-order valence-corrected chi connectivity index (χ3v) is 1.84. The van der Waals surface area contributed by atoms with E-state index in [9.17, 15) is 18.0 Å². The van der Waals surface area contributed by atoms with E-state index in [0.29, 0.717) is 5.69 Å². The number of nitrogens with one attached hydrogen (secondary N) is 1. The van der Waals surface area contributed by atoms with Gasteiger partial charge in [0.05, 0.1) is 0 Å². The molecular weight excluding hydrogens is 239 g/mol. The number of ether oxygens (including phenoxy) is 1. The number of rotatable bonds is 4. The van der Waals surface area contributed by atoms with E-state index >= 15 is 0 Å². The first kappa shape index (κ1) is 13.1. The van der Waals surface area contributed by atoms with Crippen molar-refractivity contribution in [3.8, 4) is 5.75 Å². The molecule has 0 radical (unpaired) electrons. The van der Waals surface area contributed by atoms with Crippen molar-refractivity contribution >= 4 is 11.7 Å². The van der Waals surface area contributed by atoms with Gasteiger partial charge in [0, 0.05) is 5.69 Å². The Hall–Kier alpha value is -1.92. The SMILES string of the molecule is C[C@H](Nc1ccc(OC(F)(F)F)cc1)C(=O)O. The molecule has 1 atom stereocenters. The number of benzene rings is 1. The average Bonchev–Trinajstić information content (AvgIpc) is 2.18. The molecule has 0 amide bonds. The largest absolute Gasteiger partial charge is 0.573 e. The maximum atomic E-state index is 11.8. The highest BCUT2D eigenvalue weighted by molar-refractivity contribution is 5.76. The molecule has 94 valence electrons. The summed E-state index contributed by atoms with van der Waals surface area (Å²) in [4.78, 5) is 10.5. The zero-order chi connectivity index (χ0) is 13.1. The number of hydrogen-bond acceptors (Lipinski definition) is 3. The summed E-state index contributed by atoms with van der Waals surface area (Å²) in [6, 6.07) is 3.99. The highest BCUT2D eigenvalue weighted by atomic mass is 19.4. The normalized spacial score (nSPS) is 12.9. The van der Waals surface area contributed by atoms with Crippen molar-refractivity contribution in [2.45, 2.75) is 19.3 Å². The van der Waals surface area contributed by atoms with Crippen LogP contribution in [0.5, 0.6) is 5.75 Å². The summed E-state index contributed by atoms with van der Waals surface area (Å²) < 4.78 is 39.2. The van der Waals surface area contributed by atoms with Crippen molar-refractivity contribution in [3.05, 3.63) is 24.3 Å². The molecule has 0 fully saturated rings. The van der Waals surface area contributed by atoms with Crippen LogP contribution in [0.1, 0.15) is 6.92 Å². The summed E-state index contributed by atoms with van der Waals surface area (Å²) in [5, 5.41) is 11.2. The van der Waals surface area contributed by atoms with Crippen LogP contribution < -0.4 is 10.1 Å². The molecule has 1 aromatic carbocycles. The number of aliphatic carboxylic acids is 1. The van der Waals surface area contributed by atoms with Crippen LogP contribution in [0.15, 0.2) is 24.3 Å². The van der Waals surface area contributed by atoms with Gasteiger partial charge in [0.25, 0.3) is 0 Å². The van der Waals surface area contributed by atoms with Crippen LogP contribution in [-0.4, -0.2) is 23.5 Å². The second-order valence-electron chi connectivity index (χ2n) is 3.28. The lowest BCUT2D eigenvalue weighted by Gasteiger charge is -2.12. The van der Waals surface area contributed by atoms with Crippen molar-refractivity contribution < 1.29 is 27.8 Å². The maximum absolute atomic E-state index is 11.8. The van der Waals surface area contributed by atoms with E-state index in [4.69, 9.17) is 5.11 Å². The van der Waals surface area contributed by atoms with Crippen LogP contribution in [0.25, 0.3) is 0 Å². The number of carbonyl (C=O) groups is 1. The van der Waals surface area contributed by atoms with Gasteiger partial charge in [0.1, 0.15) is 11.8 Å². The number of carboxylic acid groups (broad SMARTS) is 1. The van der Waals surface area contributed by atoms with Gasteiger partial charge in [-0.05, 0) is 31.2 Å². The maximum Gasteiger partial charge on any atom is 0.573 e. The minimum absolute atomic E-state index is 0.356. The van der Waals surface area contributed by atoms with E-state index in [1.165, 1.54) is 19.1 Å². The van der Waals surface area contributed by atoms with Crippen molar-refractivity contribution in [3.63, 3.8) is 0 Å². The van der Waals surface area contributed by atoms with Crippen molar-refractivity contribution in [1.29, 1.82) is 0 Å². The number of alkyl halides is 3. The Balaban J connectivity index is 2.65. The number of anilines is 1. The molecule has 1 rings (SSSR count). The Bertz CT molecular complexity index is 389. The Morgan fingerprint density at radius 1 is 1.35 bits per heavy atom. The predicted molar refractivity (Wildman–Crippen MR) is 53.8 cm³/mol. The summed E-state index contributed by atoms with van der Waals surface area (Å²) in [5.41, 5.74) is 0.398. The van der Waals surface area contributed by atoms with Gasteiger partial charge in [0.15, 0.2) is 0 Å². The molecule has 0 unspecified atom stereocenters. The highest BCUT2D eigenvalue weighted by Gasteiger charge is 2.30. The molecule has 0 aliphatic heterocycles. The predicted octanol–water partition coefficient (Wildman–Crippen LogP) is 2.47. The summed E-state index contributed by atoms with van der Waals surface area (Å²) in [7, 11) is 0. The molecular formula is C10H10F3NO3. The lowest BCUT2D eigenvalue weighted by molar-refractivity contribution is -0.274. The summed E-state index contributed by atoms with van der Waals surface area (Å²) in [6.45, 7) is 1.42. The Labute approximate surface area is 95.0 Å². The van der Waals surface area contributed by atoms with Crippen molar-refractivity contribution in [2.24, 2.45) is 0 Å². The molecule has 0 saturated carbocycles. The smallest absolute Gasteiger partial charge is 0.480 e.